The number of phosphoric acid groups is 2. The highest BCUT2D eigenvalue weighted by Crippen LogP contribution is 2.62. The molecule has 0 amide bonds. The minimum absolute atomic E-state index is 0.118. The molecule has 44 heavy (non-hydrogen) atoms. The number of allylic oxidation sites excluding steroid dienone is 2. The highest BCUT2D eigenvalue weighted by molar-refractivity contribution is 7.49. The Morgan fingerprint density at radius 3 is 1.95 bits per heavy atom. The molecule has 0 spiro atoms. The third-order valence-electron chi connectivity index (χ3n) is 8.09. The number of rotatable bonds is 11. The van der Waals surface area contributed by atoms with Crippen molar-refractivity contribution >= 4 is 38.3 Å². The Morgan fingerprint density at radius 1 is 0.864 bits per heavy atom. The summed E-state index contributed by atoms with van der Waals surface area (Å²) in [6, 6.07) is 11.7. The van der Waals surface area contributed by atoms with Crippen molar-refractivity contribution in [2.45, 2.75) is 89.8 Å². The van der Waals surface area contributed by atoms with E-state index in [1.807, 2.05) is 47.2 Å². The second kappa shape index (κ2) is 14.4. The molecular weight excluding hydrogens is 638 g/mol. The van der Waals surface area contributed by atoms with E-state index in [0.29, 0.717) is 29.9 Å². The minimum atomic E-state index is -4.00. The molecule has 2 aliphatic heterocycles. The van der Waals surface area contributed by atoms with Crippen LogP contribution < -0.4 is 9.05 Å². The molecule has 0 bridgehead atoms. The fourth-order valence-corrected chi connectivity index (χ4v) is 10.5. The summed E-state index contributed by atoms with van der Waals surface area (Å²) >= 11 is 3.11. The number of phosphoric ester groups is 2. The Labute approximate surface area is 267 Å². The van der Waals surface area contributed by atoms with Crippen LogP contribution in [0.1, 0.15) is 104 Å². The zero-order chi connectivity index (χ0) is 30.6. The normalized spacial score (nSPS) is 29.2. The van der Waals surface area contributed by atoms with Crippen molar-refractivity contribution in [1.29, 1.82) is 0 Å². The first kappa shape index (κ1) is 32.2. The van der Waals surface area contributed by atoms with Crippen LogP contribution in [0.3, 0.4) is 0 Å². The zero-order valence-electron chi connectivity index (χ0n) is 25.2. The van der Waals surface area contributed by atoms with Crippen molar-refractivity contribution in [3.8, 4) is 11.5 Å². The monoisotopic (exact) mass is 678 g/mol. The molecule has 12 heteroatoms. The quantitative estimate of drug-likeness (QED) is 0.112. The first-order valence-corrected chi connectivity index (χ1v) is 20.2. The maximum absolute atomic E-state index is 14.1. The highest BCUT2D eigenvalue weighted by Gasteiger charge is 2.42. The van der Waals surface area contributed by atoms with E-state index in [1.54, 1.807) is 22.7 Å². The molecule has 0 saturated carbocycles. The smallest absolute Gasteiger partial charge is 0.404 e. The van der Waals surface area contributed by atoms with Gasteiger partial charge >= 0.3 is 15.6 Å². The molecule has 5 atom stereocenters. The van der Waals surface area contributed by atoms with Gasteiger partial charge in [-0.3, -0.25) is 18.1 Å². The van der Waals surface area contributed by atoms with E-state index in [0.717, 1.165) is 60.3 Å². The largest absolute Gasteiger partial charge is 0.530 e. The third kappa shape index (κ3) is 7.79. The zero-order valence-corrected chi connectivity index (χ0v) is 28.6. The Hall–Kier alpha value is -1.74. The van der Waals surface area contributed by atoms with Gasteiger partial charge in [-0.25, -0.2) is 9.13 Å². The summed E-state index contributed by atoms with van der Waals surface area (Å²) in [5.74, 6) is 0.601. The average molecular weight is 679 g/mol. The second-order valence-corrected chi connectivity index (χ2v) is 16.6. The Balaban J connectivity index is 1.38. The molecule has 5 unspecified atom stereocenters. The van der Waals surface area contributed by atoms with E-state index in [9.17, 15) is 9.13 Å². The standard InChI is InChI=1S/C32H40O8P2S2/c1-3-4-5-10-24-21-28(39-41(33)35-16-14-26(37-41)30-12-7-18-43-30)32(25-11-6-9-23(2)20-25)29(22-24)40-42(34)36-17-15-27(38-42)31-13-8-19-44-31/h7-8,12-13,18-22,25-27H,3-6,9-11,14-17H2,1-2H3. The highest BCUT2D eigenvalue weighted by atomic mass is 32.1. The lowest BCUT2D eigenvalue weighted by atomic mass is 9.84. The SMILES string of the molecule is CCCCCc1cc(OP2(=O)OCCC(c3cccs3)O2)c(C2C=C(C)CCC2)c(OP2(=O)OCCC(c3cccs3)O2)c1. The van der Waals surface area contributed by atoms with Crippen LogP contribution in [0.2, 0.25) is 0 Å². The molecular formula is C32H40O8P2S2. The molecule has 3 aliphatic rings. The van der Waals surface area contributed by atoms with Gasteiger partial charge in [0.05, 0.1) is 13.2 Å². The summed E-state index contributed by atoms with van der Waals surface area (Å²) in [5.41, 5.74) is 2.82. The van der Waals surface area contributed by atoms with Gasteiger partial charge < -0.3 is 9.05 Å². The average Bonchev–Trinajstić information content (AvgIpc) is 3.73. The van der Waals surface area contributed by atoms with Gasteiger partial charge in [0.25, 0.3) is 0 Å². The molecule has 3 aromatic rings. The molecule has 0 radical (unpaired) electrons. The van der Waals surface area contributed by atoms with Gasteiger partial charge in [-0.1, -0.05) is 43.5 Å². The van der Waals surface area contributed by atoms with Crippen molar-refractivity contribution in [2.75, 3.05) is 13.2 Å². The van der Waals surface area contributed by atoms with E-state index < -0.39 is 15.6 Å². The van der Waals surface area contributed by atoms with E-state index >= 15 is 0 Å². The van der Waals surface area contributed by atoms with Gasteiger partial charge in [-0.2, -0.15) is 0 Å². The number of aryl methyl sites for hydroxylation is 1. The number of benzene rings is 1. The van der Waals surface area contributed by atoms with Crippen LogP contribution in [-0.4, -0.2) is 13.2 Å². The van der Waals surface area contributed by atoms with Crippen molar-refractivity contribution in [3.05, 3.63) is 79.7 Å². The van der Waals surface area contributed by atoms with Crippen LogP contribution in [0.4, 0.5) is 0 Å². The Kier molecular flexibility index (Phi) is 10.5. The molecule has 2 fully saturated rings. The fraction of sp³-hybridized carbons (Fsp3) is 0.500. The molecule has 1 aliphatic carbocycles. The summed E-state index contributed by atoms with van der Waals surface area (Å²) in [5, 5.41) is 3.94. The lowest BCUT2D eigenvalue weighted by Crippen LogP contribution is -2.18. The number of hydrogen-bond donors (Lipinski definition) is 0. The van der Waals surface area contributed by atoms with Crippen molar-refractivity contribution in [1.82, 2.24) is 0 Å². The molecule has 0 N–H and O–H groups in total. The van der Waals surface area contributed by atoms with Crippen LogP contribution in [0.5, 0.6) is 11.5 Å². The summed E-state index contributed by atoms with van der Waals surface area (Å²) in [6.07, 6.45) is 9.21. The van der Waals surface area contributed by atoms with Crippen molar-refractivity contribution < 1.29 is 36.3 Å². The first-order valence-electron chi connectivity index (χ1n) is 15.5. The van der Waals surface area contributed by atoms with Crippen LogP contribution >= 0.6 is 38.3 Å². The van der Waals surface area contributed by atoms with Gasteiger partial charge in [-0.05, 0) is 79.6 Å². The molecule has 1 aromatic carbocycles. The summed E-state index contributed by atoms with van der Waals surface area (Å²) in [4.78, 5) is 1.95. The van der Waals surface area contributed by atoms with E-state index in [-0.39, 0.29) is 31.3 Å². The minimum Gasteiger partial charge on any atom is -0.404 e. The van der Waals surface area contributed by atoms with E-state index in [4.69, 9.17) is 27.1 Å². The van der Waals surface area contributed by atoms with Gasteiger partial charge in [0.15, 0.2) is 0 Å². The van der Waals surface area contributed by atoms with Gasteiger partial charge in [0, 0.05) is 34.1 Å². The fourth-order valence-electron chi connectivity index (χ4n) is 5.93. The van der Waals surface area contributed by atoms with Crippen molar-refractivity contribution in [3.63, 3.8) is 0 Å². The van der Waals surface area contributed by atoms with Crippen LogP contribution in [-0.2, 0) is 33.6 Å². The third-order valence-corrected chi connectivity index (χ3v) is 12.9. The maximum Gasteiger partial charge on any atom is 0.530 e. The van der Waals surface area contributed by atoms with Gasteiger partial charge in [0.2, 0.25) is 0 Å². The molecule has 2 saturated heterocycles. The topological polar surface area (TPSA) is 89.5 Å². The molecule has 8 nitrogen and oxygen atoms in total. The maximum atomic E-state index is 14.1. The van der Waals surface area contributed by atoms with E-state index in [2.05, 4.69) is 19.9 Å². The summed E-state index contributed by atoms with van der Waals surface area (Å²) in [7, 11) is -8.00. The summed E-state index contributed by atoms with van der Waals surface area (Å²) in [6.45, 7) is 4.76. The number of thiophene rings is 2. The lowest BCUT2D eigenvalue weighted by Gasteiger charge is -2.32. The Bertz CT molecular complexity index is 1430. The van der Waals surface area contributed by atoms with Crippen molar-refractivity contribution in [2.24, 2.45) is 0 Å². The van der Waals surface area contributed by atoms with Crippen LogP contribution in [0.15, 0.2) is 58.8 Å². The number of unbranched alkanes of at least 4 members (excludes halogenated alkanes) is 2. The first-order chi connectivity index (χ1) is 21.3. The predicted molar refractivity (Wildman–Crippen MR) is 174 cm³/mol. The molecule has 6 rings (SSSR count). The lowest BCUT2D eigenvalue weighted by molar-refractivity contribution is 0.0520. The molecule has 2 aromatic heterocycles. The van der Waals surface area contributed by atoms with Gasteiger partial charge in [-0.15, -0.1) is 22.7 Å². The Morgan fingerprint density at radius 2 is 1.45 bits per heavy atom. The predicted octanol–water partition coefficient (Wildman–Crippen LogP) is 11.1. The molecule has 4 heterocycles. The van der Waals surface area contributed by atoms with Gasteiger partial charge in [0.1, 0.15) is 23.7 Å². The second-order valence-electron chi connectivity index (χ2n) is 11.5. The van der Waals surface area contributed by atoms with Crippen LogP contribution in [0, 0.1) is 0 Å². The van der Waals surface area contributed by atoms with E-state index in [1.165, 1.54) is 5.57 Å². The molecule has 238 valence electrons. The number of hydrogen-bond acceptors (Lipinski definition) is 10. The van der Waals surface area contributed by atoms with Crippen LogP contribution in [0.25, 0.3) is 0 Å². The summed E-state index contributed by atoms with van der Waals surface area (Å²) < 4.78 is 64.4.